The molecule has 9 heteroatoms. The normalized spacial score (nSPS) is 17.2. The van der Waals surface area contributed by atoms with Crippen molar-refractivity contribution in [1.29, 1.82) is 0 Å². The second-order valence-electron chi connectivity index (χ2n) is 5.30. The third-order valence-electron chi connectivity index (χ3n) is 3.67. The lowest BCUT2D eigenvalue weighted by Crippen LogP contribution is -2.18. The topological polar surface area (TPSA) is 38.3 Å². The van der Waals surface area contributed by atoms with Crippen molar-refractivity contribution in [3.8, 4) is 5.75 Å². The van der Waals surface area contributed by atoms with E-state index in [-0.39, 0.29) is 16.8 Å². The standard InChI is InChI=1S/C16H9F6NO2/c17-15(18,19)10-2-1-3-11-13(10)12(14(24)23-11)8-4-6-9(7-5-8)25-16(20,21)22/h1-7,12H,(H,23,24). The van der Waals surface area contributed by atoms with Crippen LogP contribution in [0.25, 0.3) is 0 Å². The van der Waals surface area contributed by atoms with Crippen molar-refractivity contribution in [3.05, 3.63) is 59.2 Å². The number of nitrogens with one attached hydrogen (secondary N) is 1. The highest BCUT2D eigenvalue weighted by atomic mass is 19.4. The first-order valence-electron chi connectivity index (χ1n) is 6.93. The Morgan fingerprint density at radius 1 is 0.920 bits per heavy atom. The van der Waals surface area contributed by atoms with E-state index in [0.29, 0.717) is 0 Å². The molecule has 1 aliphatic rings. The van der Waals surface area contributed by atoms with E-state index in [1.54, 1.807) is 0 Å². The van der Waals surface area contributed by atoms with Gasteiger partial charge in [0.1, 0.15) is 5.75 Å². The van der Waals surface area contributed by atoms with E-state index in [0.717, 1.165) is 30.3 Å². The molecule has 1 atom stereocenters. The van der Waals surface area contributed by atoms with E-state index in [1.165, 1.54) is 12.1 Å². The molecule has 0 fully saturated rings. The summed E-state index contributed by atoms with van der Waals surface area (Å²) in [5.41, 5.74) is -1.06. The van der Waals surface area contributed by atoms with E-state index in [9.17, 15) is 31.1 Å². The molecule has 0 aromatic heterocycles. The molecule has 25 heavy (non-hydrogen) atoms. The van der Waals surface area contributed by atoms with E-state index < -0.39 is 35.7 Å². The maximum absolute atomic E-state index is 13.2. The van der Waals surface area contributed by atoms with Crippen LogP contribution in [-0.4, -0.2) is 12.3 Å². The van der Waals surface area contributed by atoms with Crippen LogP contribution < -0.4 is 10.1 Å². The van der Waals surface area contributed by atoms with Crippen LogP contribution in [0.4, 0.5) is 32.0 Å². The van der Waals surface area contributed by atoms with Gasteiger partial charge in [-0.25, -0.2) is 0 Å². The highest BCUT2D eigenvalue weighted by Gasteiger charge is 2.42. The molecule has 0 aliphatic carbocycles. The number of halogens is 6. The lowest BCUT2D eigenvalue weighted by Gasteiger charge is -2.16. The quantitative estimate of drug-likeness (QED) is 0.789. The zero-order chi connectivity index (χ0) is 18.4. The average Bonchev–Trinajstić information content (AvgIpc) is 2.81. The van der Waals surface area contributed by atoms with Gasteiger partial charge in [0, 0.05) is 11.3 Å². The minimum Gasteiger partial charge on any atom is -0.406 e. The zero-order valence-electron chi connectivity index (χ0n) is 12.2. The average molecular weight is 361 g/mol. The first kappa shape index (κ1) is 17.1. The van der Waals surface area contributed by atoms with Gasteiger partial charge in [0.05, 0.1) is 11.5 Å². The Bertz CT molecular complexity index is 811. The summed E-state index contributed by atoms with van der Waals surface area (Å²) >= 11 is 0. The summed E-state index contributed by atoms with van der Waals surface area (Å²) in [7, 11) is 0. The molecule has 1 unspecified atom stereocenters. The molecule has 3 nitrogen and oxygen atoms in total. The molecule has 1 amide bonds. The molecule has 2 aromatic rings. The molecule has 1 aliphatic heterocycles. The van der Waals surface area contributed by atoms with Gasteiger partial charge >= 0.3 is 12.5 Å². The predicted octanol–water partition coefficient (Wildman–Crippen LogP) is 4.69. The lowest BCUT2D eigenvalue weighted by atomic mass is 9.89. The Morgan fingerprint density at radius 3 is 2.12 bits per heavy atom. The van der Waals surface area contributed by atoms with Gasteiger partial charge in [-0.3, -0.25) is 4.79 Å². The molecule has 1 heterocycles. The van der Waals surface area contributed by atoms with Crippen molar-refractivity contribution < 1.29 is 35.9 Å². The van der Waals surface area contributed by atoms with Crippen LogP contribution in [-0.2, 0) is 11.0 Å². The molecular formula is C16H9F6NO2. The number of fused-ring (bicyclic) bond motifs is 1. The van der Waals surface area contributed by atoms with Crippen LogP contribution in [0.2, 0.25) is 0 Å². The third-order valence-corrected chi connectivity index (χ3v) is 3.67. The van der Waals surface area contributed by atoms with Crippen LogP contribution >= 0.6 is 0 Å². The number of alkyl halides is 6. The van der Waals surface area contributed by atoms with Gasteiger partial charge in [-0.05, 0) is 29.8 Å². The fraction of sp³-hybridized carbons (Fsp3) is 0.188. The van der Waals surface area contributed by atoms with Crippen LogP contribution in [0.5, 0.6) is 5.75 Å². The van der Waals surface area contributed by atoms with Crippen molar-refractivity contribution in [3.63, 3.8) is 0 Å². The van der Waals surface area contributed by atoms with Gasteiger partial charge in [-0.1, -0.05) is 18.2 Å². The molecule has 0 saturated heterocycles. The minimum atomic E-state index is -4.89. The summed E-state index contributed by atoms with van der Waals surface area (Å²) < 4.78 is 79.9. The maximum atomic E-state index is 13.2. The van der Waals surface area contributed by atoms with Crippen molar-refractivity contribution in [1.82, 2.24) is 0 Å². The van der Waals surface area contributed by atoms with Gasteiger partial charge in [0.25, 0.3) is 0 Å². The number of hydrogen-bond donors (Lipinski definition) is 1. The summed E-state index contributed by atoms with van der Waals surface area (Å²) in [5.74, 6) is -2.48. The monoisotopic (exact) mass is 361 g/mol. The zero-order valence-corrected chi connectivity index (χ0v) is 12.2. The number of benzene rings is 2. The van der Waals surface area contributed by atoms with Crippen LogP contribution in [0, 0.1) is 0 Å². The smallest absolute Gasteiger partial charge is 0.406 e. The summed E-state index contributed by atoms with van der Waals surface area (Å²) in [4.78, 5) is 12.1. The molecule has 2 aromatic carbocycles. The van der Waals surface area contributed by atoms with E-state index in [2.05, 4.69) is 10.1 Å². The molecule has 132 valence electrons. The number of ether oxygens (including phenoxy) is 1. The highest BCUT2D eigenvalue weighted by Crippen LogP contribution is 2.45. The largest absolute Gasteiger partial charge is 0.573 e. The van der Waals surface area contributed by atoms with Crippen molar-refractivity contribution in [2.75, 3.05) is 5.32 Å². The number of amides is 1. The summed E-state index contributed by atoms with van der Waals surface area (Å²) in [6.45, 7) is 0. The SMILES string of the molecule is O=C1Nc2cccc(C(F)(F)F)c2C1c1ccc(OC(F)(F)F)cc1. The first-order valence-corrected chi connectivity index (χ1v) is 6.93. The van der Waals surface area contributed by atoms with Crippen molar-refractivity contribution in [2.45, 2.75) is 18.5 Å². The Balaban J connectivity index is 2.02. The Morgan fingerprint density at radius 2 is 1.56 bits per heavy atom. The molecule has 0 bridgehead atoms. The summed E-state index contributed by atoms with van der Waals surface area (Å²) in [6, 6.07) is 7.52. The van der Waals surface area contributed by atoms with Gasteiger partial charge in [0.15, 0.2) is 0 Å². The van der Waals surface area contributed by atoms with Gasteiger partial charge in [-0.15, -0.1) is 13.2 Å². The molecule has 0 spiro atoms. The third kappa shape index (κ3) is 3.40. The van der Waals surface area contributed by atoms with Crippen LogP contribution in [0.15, 0.2) is 42.5 Å². The maximum Gasteiger partial charge on any atom is 0.573 e. The van der Waals surface area contributed by atoms with E-state index in [4.69, 9.17) is 0 Å². The number of carbonyl (C=O) groups is 1. The van der Waals surface area contributed by atoms with Gasteiger partial charge in [-0.2, -0.15) is 13.2 Å². The minimum absolute atomic E-state index is 0.0282. The van der Waals surface area contributed by atoms with E-state index >= 15 is 0 Å². The fourth-order valence-electron chi connectivity index (χ4n) is 2.75. The van der Waals surface area contributed by atoms with E-state index in [1.807, 2.05) is 0 Å². The Labute approximate surface area is 137 Å². The number of hydrogen-bond acceptors (Lipinski definition) is 2. The van der Waals surface area contributed by atoms with Crippen molar-refractivity contribution >= 4 is 11.6 Å². The molecule has 0 radical (unpaired) electrons. The Hall–Kier alpha value is -2.71. The van der Waals surface area contributed by atoms with Crippen LogP contribution in [0.3, 0.4) is 0 Å². The number of carbonyl (C=O) groups excluding carboxylic acids is 1. The number of rotatable bonds is 2. The van der Waals surface area contributed by atoms with Crippen molar-refractivity contribution in [2.24, 2.45) is 0 Å². The highest BCUT2D eigenvalue weighted by molar-refractivity contribution is 6.05. The second kappa shape index (κ2) is 5.68. The Kier molecular flexibility index (Phi) is 3.89. The van der Waals surface area contributed by atoms with Gasteiger partial charge < -0.3 is 10.1 Å². The van der Waals surface area contributed by atoms with Crippen LogP contribution in [0.1, 0.15) is 22.6 Å². The molecular weight excluding hydrogens is 352 g/mol. The van der Waals surface area contributed by atoms with Gasteiger partial charge in [0.2, 0.25) is 5.91 Å². The molecule has 3 rings (SSSR count). The summed E-state index contributed by atoms with van der Waals surface area (Å²) in [6.07, 6.45) is -9.56. The lowest BCUT2D eigenvalue weighted by molar-refractivity contribution is -0.274. The second-order valence-corrected chi connectivity index (χ2v) is 5.30. The molecule has 1 N–H and O–H groups in total. The fourth-order valence-corrected chi connectivity index (χ4v) is 2.75. The summed E-state index contributed by atoms with van der Waals surface area (Å²) in [5, 5.41) is 2.36. The molecule has 0 saturated carbocycles. The predicted molar refractivity (Wildman–Crippen MR) is 75.0 cm³/mol. The number of anilines is 1. The first-order chi connectivity index (χ1) is 11.6.